The summed E-state index contributed by atoms with van der Waals surface area (Å²) in [6.45, 7) is 5.35. The van der Waals surface area contributed by atoms with E-state index in [1.165, 1.54) is 18.4 Å². The van der Waals surface area contributed by atoms with Crippen molar-refractivity contribution in [1.29, 1.82) is 5.26 Å². The summed E-state index contributed by atoms with van der Waals surface area (Å²) in [6.07, 6.45) is 5.54. The molecule has 0 atom stereocenters. The number of hydrogen-bond donors (Lipinski definition) is 0. The first-order valence-corrected chi connectivity index (χ1v) is 7.45. The van der Waals surface area contributed by atoms with Crippen molar-refractivity contribution < 1.29 is 0 Å². The zero-order valence-electron chi connectivity index (χ0n) is 11.9. The zero-order chi connectivity index (χ0) is 13.6. The summed E-state index contributed by atoms with van der Waals surface area (Å²) in [5, 5.41) is 9.48. The molecule has 1 aromatic carbocycles. The van der Waals surface area contributed by atoms with Gasteiger partial charge in [-0.15, -0.1) is 0 Å². The van der Waals surface area contributed by atoms with Crippen molar-refractivity contribution in [3.05, 3.63) is 35.9 Å². The third-order valence-electron chi connectivity index (χ3n) is 4.31. The molecule has 0 radical (unpaired) electrons. The maximum Gasteiger partial charge on any atom is 0.0690 e. The second kappa shape index (κ2) is 6.73. The minimum absolute atomic E-state index is 0.0385. The molecule has 1 aromatic rings. The number of benzene rings is 1. The van der Waals surface area contributed by atoms with Gasteiger partial charge < -0.3 is 0 Å². The lowest BCUT2D eigenvalue weighted by atomic mass is 9.76. The van der Waals surface area contributed by atoms with Gasteiger partial charge in [0.15, 0.2) is 0 Å². The summed E-state index contributed by atoms with van der Waals surface area (Å²) in [6, 6.07) is 13.2. The van der Waals surface area contributed by atoms with E-state index in [1.54, 1.807) is 0 Å². The average Bonchev–Trinajstić information content (AvgIpc) is 2.48. The zero-order valence-corrected chi connectivity index (χ0v) is 11.9. The summed E-state index contributed by atoms with van der Waals surface area (Å²) < 4.78 is 0. The third-order valence-corrected chi connectivity index (χ3v) is 4.31. The van der Waals surface area contributed by atoms with Crippen molar-refractivity contribution >= 4 is 0 Å². The second-order valence-corrected chi connectivity index (χ2v) is 5.76. The number of rotatable bonds is 5. The molecular formula is C17H24N2. The Labute approximate surface area is 117 Å². The Morgan fingerprint density at radius 1 is 1.21 bits per heavy atom. The van der Waals surface area contributed by atoms with Gasteiger partial charge in [-0.1, -0.05) is 50.1 Å². The number of nitriles is 1. The van der Waals surface area contributed by atoms with E-state index in [1.807, 2.05) is 0 Å². The Morgan fingerprint density at radius 3 is 2.47 bits per heavy atom. The summed E-state index contributed by atoms with van der Waals surface area (Å²) in [7, 11) is 0. The molecule has 102 valence electrons. The first kappa shape index (κ1) is 14.1. The lowest BCUT2D eigenvalue weighted by molar-refractivity contribution is 0.130. The molecule has 0 aliphatic carbocycles. The number of unbranched alkanes of at least 4 members (excludes halogenated alkanes) is 1. The maximum absolute atomic E-state index is 9.48. The number of piperidine rings is 1. The average molecular weight is 256 g/mol. The minimum atomic E-state index is -0.0385. The molecule has 0 bridgehead atoms. The van der Waals surface area contributed by atoms with Gasteiger partial charge in [0.2, 0.25) is 0 Å². The van der Waals surface area contributed by atoms with Crippen LogP contribution in [0.5, 0.6) is 0 Å². The van der Waals surface area contributed by atoms with E-state index < -0.39 is 0 Å². The minimum Gasteiger partial charge on any atom is -0.299 e. The van der Waals surface area contributed by atoms with Crippen molar-refractivity contribution in [1.82, 2.24) is 4.90 Å². The van der Waals surface area contributed by atoms with Crippen LogP contribution in [0.15, 0.2) is 30.3 Å². The molecule has 0 N–H and O–H groups in total. The van der Waals surface area contributed by atoms with Gasteiger partial charge in [0.25, 0.3) is 0 Å². The lowest BCUT2D eigenvalue weighted by Crippen LogP contribution is -2.39. The number of nitrogens with zero attached hydrogens (tertiary/aromatic N) is 2. The molecular weight excluding hydrogens is 232 g/mol. The number of hydrogen-bond acceptors (Lipinski definition) is 2. The molecule has 0 saturated carbocycles. The van der Waals surface area contributed by atoms with Gasteiger partial charge in [-0.25, -0.2) is 0 Å². The van der Waals surface area contributed by atoms with Crippen LogP contribution in [0.4, 0.5) is 0 Å². The van der Waals surface area contributed by atoms with Gasteiger partial charge >= 0.3 is 0 Å². The van der Waals surface area contributed by atoms with Crippen molar-refractivity contribution in [2.24, 2.45) is 5.41 Å². The van der Waals surface area contributed by atoms with Crippen LogP contribution in [-0.2, 0) is 6.54 Å². The molecule has 2 nitrogen and oxygen atoms in total. The molecule has 0 aromatic heterocycles. The van der Waals surface area contributed by atoms with E-state index in [0.717, 1.165) is 38.9 Å². The van der Waals surface area contributed by atoms with Crippen LogP contribution in [-0.4, -0.2) is 18.0 Å². The molecule has 2 rings (SSSR count). The topological polar surface area (TPSA) is 27.0 Å². The summed E-state index contributed by atoms with van der Waals surface area (Å²) in [5.74, 6) is 0. The van der Waals surface area contributed by atoms with Gasteiger partial charge in [0, 0.05) is 19.6 Å². The predicted octanol–water partition coefficient (Wildman–Crippen LogP) is 3.98. The quantitative estimate of drug-likeness (QED) is 0.796. The molecule has 1 saturated heterocycles. The first-order valence-electron chi connectivity index (χ1n) is 7.45. The van der Waals surface area contributed by atoms with Crippen LogP contribution >= 0.6 is 0 Å². The fourth-order valence-corrected chi connectivity index (χ4v) is 2.91. The van der Waals surface area contributed by atoms with E-state index in [-0.39, 0.29) is 5.41 Å². The van der Waals surface area contributed by atoms with E-state index >= 15 is 0 Å². The SMILES string of the molecule is CCCCC1(C#N)CCN(Cc2ccccc2)CC1. The van der Waals surface area contributed by atoms with Crippen molar-refractivity contribution in [2.75, 3.05) is 13.1 Å². The number of likely N-dealkylation sites (tertiary alicyclic amines) is 1. The molecule has 1 aliphatic rings. The Morgan fingerprint density at radius 2 is 1.89 bits per heavy atom. The van der Waals surface area contributed by atoms with Crippen LogP contribution in [0.1, 0.15) is 44.6 Å². The van der Waals surface area contributed by atoms with Crippen LogP contribution in [0.3, 0.4) is 0 Å². The molecule has 1 fully saturated rings. The van der Waals surface area contributed by atoms with Crippen LogP contribution in [0.25, 0.3) is 0 Å². The lowest BCUT2D eigenvalue weighted by Gasteiger charge is -2.37. The summed E-state index contributed by atoms with van der Waals surface area (Å²) >= 11 is 0. The highest BCUT2D eigenvalue weighted by atomic mass is 15.1. The van der Waals surface area contributed by atoms with Crippen molar-refractivity contribution in [2.45, 2.75) is 45.6 Å². The highest BCUT2D eigenvalue weighted by molar-refractivity contribution is 5.14. The van der Waals surface area contributed by atoms with E-state index in [0.29, 0.717) is 0 Å². The highest BCUT2D eigenvalue weighted by Gasteiger charge is 2.33. The van der Waals surface area contributed by atoms with Crippen LogP contribution < -0.4 is 0 Å². The summed E-state index contributed by atoms with van der Waals surface area (Å²) in [5.41, 5.74) is 1.34. The summed E-state index contributed by atoms with van der Waals surface area (Å²) in [4.78, 5) is 2.48. The fourth-order valence-electron chi connectivity index (χ4n) is 2.91. The second-order valence-electron chi connectivity index (χ2n) is 5.76. The Bertz CT molecular complexity index is 411. The Balaban J connectivity index is 1.86. The van der Waals surface area contributed by atoms with Gasteiger partial charge in [-0.3, -0.25) is 4.90 Å². The van der Waals surface area contributed by atoms with Gasteiger partial charge in [-0.2, -0.15) is 5.26 Å². The maximum atomic E-state index is 9.48. The Hall–Kier alpha value is -1.33. The molecule has 2 heteroatoms. The van der Waals surface area contributed by atoms with Crippen molar-refractivity contribution in [3.8, 4) is 6.07 Å². The standard InChI is InChI=1S/C17H24N2/c1-2-3-9-17(15-18)10-12-19(13-11-17)14-16-7-5-4-6-8-16/h4-8H,2-3,9-14H2,1H3. The first-order chi connectivity index (χ1) is 9.28. The van der Waals surface area contributed by atoms with Gasteiger partial charge in [-0.05, 0) is 24.8 Å². The predicted molar refractivity (Wildman–Crippen MR) is 78.5 cm³/mol. The third kappa shape index (κ3) is 3.81. The molecule has 1 aliphatic heterocycles. The molecule has 0 spiro atoms. The molecule has 0 unspecified atom stereocenters. The molecule has 0 amide bonds. The molecule has 19 heavy (non-hydrogen) atoms. The Kier molecular flexibility index (Phi) is 4.99. The van der Waals surface area contributed by atoms with Crippen LogP contribution in [0.2, 0.25) is 0 Å². The van der Waals surface area contributed by atoms with E-state index in [4.69, 9.17) is 0 Å². The van der Waals surface area contributed by atoms with Gasteiger partial charge in [0.1, 0.15) is 0 Å². The van der Waals surface area contributed by atoms with Crippen molar-refractivity contribution in [3.63, 3.8) is 0 Å². The van der Waals surface area contributed by atoms with E-state index in [9.17, 15) is 5.26 Å². The highest BCUT2D eigenvalue weighted by Crippen LogP contribution is 2.36. The largest absolute Gasteiger partial charge is 0.299 e. The van der Waals surface area contributed by atoms with E-state index in [2.05, 4.69) is 48.2 Å². The van der Waals surface area contributed by atoms with Gasteiger partial charge in [0.05, 0.1) is 11.5 Å². The smallest absolute Gasteiger partial charge is 0.0690 e. The monoisotopic (exact) mass is 256 g/mol. The van der Waals surface area contributed by atoms with Crippen LogP contribution in [0, 0.1) is 16.7 Å². The molecule has 1 heterocycles. The normalized spacial score (nSPS) is 18.9. The fraction of sp³-hybridized carbons (Fsp3) is 0.588.